The number of hydrogen-bond donors (Lipinski definition) is 2. The molecule has 3 atom stereocenters. The summed E-state index contributed by atoms with van der Waals surface area (Å²) in [6, 6.07) is 14.5. The predicted octanol–water partition coefficient (Wildman–Crippen LogP) is 3.63. The smallest absolute Gasteiger partial charge is 0.126 e. The second-order valence-corrected chi connectivity index (χ2v) is 6.77. The molecule has 0 heterocycles. The zero-order chi connectivity index (χ0) is 17.6. The minimum absolute atomic E-state index is 0.0105. The third-order valence-electron chi connectivity index (χ3n) is 4.94. The summed E-state index contributed by atoms with van der Waals surface area (Å²) in [4.78, 5) is 0. The zero-order valence-electron chi connectivity index (χ0n) is 14.6. The van der Waals surface area contributed by atoms with Gasteiger partial charge in [-0.1, -0.05) is 30.3 Å². The topological polar surface area (TPSA) is 41.5 Å². The summed E-state index contributed by atoms with van der Waals surface area (Å²) in [6.45, 7) is 2.94. The summed E-state index contributed by atoms with van der Waals surface area (Å²) < 4.78 is 19.1. The van der Waals surface area contributed by atoms with Crippen molar-refractivity contribution < 1.29 is 14.2 Å². The first kappa shape index (κ1) is 17.9. The van der Waals surface area contributed by atoms with Gasteiger partial charge in [-0.3, -0.25) is 0 Å². The number of aliphatic hydroxyl groups excluding tert-OH is 1. The van der Waals surface area contributed by atoms with Crippen molar-refractivity contribution in [3.63, 3.8) is 0 Å². The molecule has 1 fully saturated rings. The average Bonchev–Trinajstić information content (AvgIpc) is 2.60. The van der Waals surface area contributed by atoms with Crippen LogP contribution in [0.15, 0.2) is 48.5 Å². The highest BCUT2D eigenvalue weighted by Crippen LogP contribution is 2.25. The molecule has 2 aromatic carbocycles. The normalized spacial score (nSPS) is 23.4. The molecule has 134 valence electrons. The molecule has 0 unspecified atom stereocenters. The van der Waals surface area contributed by atoms with E-state index >= 15 is 0 Å². The Morgan fingerprint density at radius 1 is 1.16 bits per heavy atom. The Morgan fingerprint density at radius 3 is 2.80 bits per heavy atom. The van der Waals surface area contributed by atoms with Gasteiger partial charge < -0.3 is 15.2 Å². The molecule has 3 rings (SSSR count). The van der Waals surface area contributed by atoms with E-state index in [1.54, 1.807) is 12.1 Å². The predicted molar refractivity (Wildman–Crippen MR) is 97.3 cm³/mol. The minimum Gasteiger partial charge on any atom is -0.488 e. The first-order valence-corrected chi connectivity index (χ1v) is 9.01. The lowest BCUT2D eigenvalue weighted by molar-refractivity contribution is -0.0152. The van der Waals surface area contributed by atoms with Gasteiger partial charge in [-0.25, -0.2) is 4.39 Å². The maximum absolute atomic E-state index is 13.3. The molecule has 1 aliphatic rings. The number of ether oxygens (including phenoxy) is 1. The molecule has 2 N–H and O–H groups in total. The van der Waals surface area contributed by atoms with Crippen LogP contribution in [-0.4, -0.2) is 29.9 Å². The summed E-state index contributed by atoms with van der Waals surface area (Å²) in [6.07, 6.45) is 2.75. The van der Waals surface area contributed by atoms with E-state index in [1.165, 1.54) is 23.3 Å². The third kappa shape index (κ3) is 4.80. The van der Waals surface area contributed by atoms with E-state index in [9.17, 15) is 9.50 Å². The second kappa shape index (κ2) is 8.45. The Balaban J connectivity index is 1.53. The second-order valence-electron chi connectivity index (χ2n) is 6.77. The number of aliphatic hydroxyl groups is 1. The zero-order valence-corrected chi connectivity index (χ0v) is 14.6. The van der Waals surface area contributed by atoms with Crippen molar-refractivity contribution in [3.05, 3.63) is 65.5 Å². The van der Waals surface area contributed by atoms with Gasteiger partial charge >= 0.3 is 0 Å². The van der Waals surface area contributed by atoms with Crippen LogP contribution < -0.4 is 10.1 Å². The largest absolute Gasteiger partial charge is 0.488 e. The molecule has 1 saturated carbocycles. The molecular formula is C21H26FNO2. The van der Waals surface area contributed by atoms with Crippen molar-refractivity contribution >= 4 is 0 Å². The average molecular weight is 343 g/mol. The van der Waals surface area contributed by atoms with E-state index in [0.717, 1.165) is 32.2 Å². The Hall–Kier alpha value is -1.91. The van der Waals surface area contributed by atoms with Crippen LogP contribution in [0, 0.1) is 12.7 Å². The first-order valence-electron chi connectivity index (χ1n) is 9.01. The first-order chi connectivity index (χ1) is 12.1. The number of hydrogen-bond acceptors (Lipinski definition) is 3. The van der Waals surface area contributed by atoms with Gasteiger partial charge in [0.15, 0.2) is 0 Å². The van der Waals surface area contributed by atoms with Crippen molar-refractivity contribution in [2.75, 3.05) is 6.54 Å². The van der Waals surface area contributed by atoms with Gasteiger partial charge in [0, 0.05) is 12.1 Å². The SMILES string of the molecule is Cc1ccccc1CCN[C@H]1CCC[C@@H](Oc2cccc(F)c2)[C@@H]1O. The van der Waals surface area contributed by atoms with Crippen molar-refractivity contribution in [2.45, 2.75) is 50.9 Å². The van der Waals surface area contributed by atoms with E-state index in [0.29, 0.717) is 5.75 Å². The molecule has 1 aliphatic carbocycles. The van der Waals surface area contributed by atoms with Crippen molar-refractivity contribution in [3.8, 4) is 5.75 Å². The summed E-state index contributed by atoms with van der Waals surface area (Å²) in [5.41, 5.74) is 2.62. The Morgan fingerprint density at radius 2 is 2.00 bits per heavy atom. The van der Waals surface area contributed by atoms with Crippen LogP contribution in [0.2, 0.25) is 0 Å². The Labute approximate surface area is 148 Å². The molecule has 3 nitrogen and oxygen atoms in total. The molecule has 25 heavy (non-hydrogen) atoms. The molecule has 0 aliphatic heterocycles. The van der Waals surface area contributed by atoms with Gasteiger partial charge in [-0.15, -0.1) is 0 Å². The number of benzene rings is 2. The monoisotopic (exact) mass is 343 g/mol. The lowest BCUT2D eigenvalue weighted by Crippen LogP contribution is -2.51. The van der Waals surface area contributed by atoms with E-state index in [-0.39, 0.29) is 18.0 Å². The molecule has 0 spiro atoms. The van der Waals surface area contributed by atoms with E-state index in [4.69, 9.17) is 4.74 Å². The number of halogens is 1. The van der Waals surface area contributed by atoms with Gasteiger partial charge in [0.2, 0.25) is 0 Å². The van der Waals surface area contributed by atoms with Crippen LogP contribution in [-0.2, 0) is 6.42 Å². The van der Waals surface area contributed by atoms with Crippen LogP contribution >= 0.6 is 0 Å². The van der Waals surface area contributed by atoms with Gasteiger partial charge in [0.1, 0.15) is 23.8 Å². The molecule has 4 heteroatoms. The van der Waals surface area contributed by atoms with Crippen LogP contribution in [0.5, 0.6) is 5.75 Å². The number of nitrogens with one attached hydrogen (secondary N) is 1. The third-order valence-corrected chi connectivity index (χ3v) is 4.94. The highest BCUT2D eigenvalue weighted by Gasteiger charge is 2.33. The van der Waals surface area contributed by atoms with Crippen LogP contribution in [0.1, 0.15) is 30.4 Å². The standard InChI is InChI=1S/C21H26FNO2/c1-15-6-2-3-7-16(15)12-13-23-19-10-5-11-20(21(19)24)25-18-9-4-8-17(22)14-18/h2-4,6-9,14,19-21,23-24H,5,10-13H2,1H3/t19-,20+,21+/m0/s1. The molecule has 0 aromatic heterocycles. The lowest BCUT2D eigenvalue weighted by atomic mass is 9.89. The minimum atomic E-state index is -0.589. The van der Waals surface area contributed by atoms with E-state index < -0.39 is 6.10 Å². The fourth-order valence-corrected chi connectivity index (χ4v) is 3.49. The lowest BCUT2D eigenvalue weighted by Gasteiger charge is -2.35. The fraction of sp³-hybridized carbons (Fsp3) is 0.429. The highest BCUT2D eigenvalue weighted by atomic mass is 19.1. The molecule has 0 radical (unpaired) electrons. The molecule has 2 aromatic rings. The van der Waals surface area contributed by atoms with Crippen LogP contribution in [0.4, 0.5) is 4.39 Å². The van der Waals surface area contributed by atoms with Crippen molar-refractivity contribution in [1.29, 1.82) is 0 Å². The van der Waals surface area contributed by atoms with E-state index in [1.807, 2.05) is 6.07 Å². The van der Waals surface area contributed by atoms with Gasteiger partial charge in [-0.2, -0.15) is 0 Å². The van der Waals surface area contributed by atoms with Crippen molar-refractivity contribution in [2.24, 2.45) is 0 Å². The Bertz CT molecular complexity index is 691. The fourth-order valence-electron chi connectivity index (χ4n) is 3.49. The van der Waals surface area contributed by atoms with Crippen molar-refractivity contribution in [1.82, 2.24) is 5.32 Å². The summed E-state index contributed by atoms with van der Waals surface area (Å²) >= 11 is 0. The van der Waals surface area contributed by atoms with Crippen LogP contribution in [0.3, 0.4) is 0 Å². The van der Waals surface area contributed by atoms with Gasteiger partial charge in [0.05, 0.1) is 0 Å². The number of rotatable bonds is 6. The van der Waals surface area contributed by atoms with Gasteiger partial charge in [0.25, 0.3) is 0 Å². The summed E-state index contributed by atoms with van der Waals surface area (Å²) in [7, 11) is 0. The Kier molecular flexibility index (Phi) is 6.05. The van der Waals surface area contributed by atoms with Crippen LogP contribution in [0.25, 0.3) is 0 Å². The quantitative estimate of drug-likeness (QED) is 0.842. The molecule has 0 amide bonds. The van der Waals surface area contributed by atoms with Gasteiger partial charge in [-0.05, 0) is 62.4 Å². The summed E-state index contributed by atoms with van der Waals surface area (Å²) in [5, 5.41) is 14.1. The molecular weight excluding hydrogens is 317 g/mol. The maximum Gasteiger partial charge on any atom is 0.126 e. The molecule has 0 bridgehead atoms. The maximum atomic E-state index is 13.3. The summed E-state index contributed by atoms with van der Waals surface area (Å²) in [5.74, 6) is 0.153. The highest BCUT2D eigenvalue weighted by molar-refractivity contribution is 5.26. The molecule has 0 saturated heterocycles. The van der Waals surface area contributed by atoms with E-state index in [2.05, 4.69) is 30.4 Å². The number of aryl methyl sites for hydroxylation is 1.